The lowest BCUT2D eigenvalue weighted by molar-refractivity contribution is -0.139. The van der Waals surface area contributed by atoms with E-state index in [1.165, 1.54) is 4.90 Å². The Morgan fingerprint density at radius 1 is 1.16 bits per heavy atom. The van der Waals surface area contributed by atoms with Crippen LogP contribution in [0.15, 0.2) is 58.6 Å². The van der Waals surface area contributed by atoms with Crippen LogP contribution in [-0.2, 0) is 9.53 Å². The summed E-state index contributed by atoms with van der Waals surface area (Å²) in [7, 11) is 1.63. The summed E-state index contributed by atoms with van der Waals surface area (Å²) < 4.78 is 11.3. The van der Waals surface area contributed by atoms with Gasteiger partial charge < -0.3 is 14.8 Å². The molecule has 2 aromatic rings. The summed E-state index contributed by atoms with van der Waals surface area (Å²) >= 11 is 1.65. The molecule has 1 atom stereocenters. The Bertz CT molecular complexity index is 1000. The summed E-state index contributed by atoms with van der Waals surface area (Å²) in [6.45, 7) is 6.05. The molecule has 2 amide bonds. The van der Waals surface area contributed by atoms with E-state index in [-0.39, 0.29) is 19.2 Å². The fourth-order valence-electron chi connectivity index (χ4n) is 3.59. The van der Waals surface area contributed by atoms with E-state index in [4.69, 9.17) is 9.47 Å². The number of esters is 1. The van der Waals surface area contributed by atoms with Gasteiger partial charge in [-0.2, -0.15) is 0 Å². The van der Waals surface area contributed by atoms with Gasteiger partial charge in [-0.3, -0.25) is 4.90 Å². The molecule has 0 aliphatic carbocycles. The molecule has 2 aromatic carbocycles. The molecule has 31 heavy (non-hydrogen) atoms. The van der Waals surface area contributed by atoms with Gasteiger partial charge in [0, 0.05) is 11.9 Å². The average Bonchev–Trinajstić information content (AvgIpc) is 2.75. The average molecular weight is 441 g/mol. The monoisotopic (exact) mass is 440 g/mol. The van der Waals surface area contributed by atoms with Crippen LogP contribution < -0.4 is 10.1 Å². The highest BCUT2D eigenvalue weighted by Gasteiger charge is 2.37. The first kappa shape index (κ1) is 22.7. The van der Waals surface area contributed by atoms with Gasteiger partial charge in [-0.25, -0.2) is 9.59 Å². The fourth-order valence-corrected chi connectivity index (χ4v) is 4.00. The van der Waals surface area contributed by atoms with E-state index in [1.807, 2.05) is 62.6 Å². The number of urea groups is 1. The maximum atomic E-state index is 13.0. The zero-order valence-corrected chi connectivity index (χ0v) is 19.3. The third-order valence-corrected chi connectivity index (χ3v) is 5.99. The lowest BCUT2D eigenvalue weighted by atomic mass is 9.91. The van der Waals surface area contributed by atoms with Gasteiger partial charge in [-0.1, -0.05) is 23.8 Å². The minimum absolute atomic E-state index is 0.0676. The highest BCUT2D eigenvalue weighted by molar-refractivity contribution is 7.98. The highest BCUT2D eigenvalue weighted by atomic mass is 32.2. The maximum absolute atomic E-state index is 13.0. The van der Waals surface area contributed by atoms with Crippen molar-refractivity contribution in [1.29, 1.82) is 0 Å². The number of aryl methyl sites for hydroxylation is 2. The molecule has 0 bridgehead atoms. The number of carbonyl (C=O) groups is 2. The van der Waals surface area contributed by atoms with E-state index in [2.05, 4.69) is 5.32 Å². The van der Waals surface area contributed by atoms with Crippen molar-refractivity contribution in [3.8, 4) is 5.75 Å². The Kier molecular flexibility index (Phi) is 7.28. The van der Waals surface area contributed by atoms with Crippen LogP contribution >= 0.6 is 11.8 Å². The number of benzene rings is 2. The lowest BCUT2D eigenvalue weighted by Crippen LogP contribution is -2.48. The molecule has 1 heterocycles. The van der Waals surface area contributed by atoms with Gasteiger partial charge in [-0.15, -0.1) is 11.8 Å². The number of hydrogen-bond donors (Lipinski definition) is 1. The predicted octanol–water partition coefficient (Wildman–Crippen LogP) is 4.62. The van der Waals surface area contributed by atoms with Crippen molar-refractivity contribution in [3.05, 3.63) is 70.4 Å². The number of nitrogens with one attached hydrogen (secondary N) is 1. The van der Waals surface area contributed by atoms with Gasteiger partial charge >= 0.3 is 12.0 Å². The molecule has 3 rings (SSSR count). The Morgan fingerprint density at radius 3 is 2.48 bits per heavy atom. The summed E-state index contributed by atoms with van der Waals surface area (Å²) in [5.74, 6) is 0.201. The summed E-state index contributed by atoms with van der Waals surface area (Å²) in [4.78, 5) is 28.3. The molecular weight excluding hydrogens is 412 g/mol. The molecule has 0 spiro atoms. The first-order valence-electron chi connectivity index (χ1n) is 10.1. The Morgan fingerprint density at radius 2 is 1.87 bits per heavy atom. The van der Waals surface area contributed by atoms with Crippen molar-refractivity contribution in [1.82, 2.24) is 10.2 Å². The second kappa shape index (κ2) is 9.92. The molecule has 0 unspecified atom stereocenters. The summed E-state index contributed by atoms with van der Waals surface area (Å²) in [6.07, 6.45) is 2.01. The smallest absolute Gasteiger partial charge is 0.338 e. The van der Waals surface area contributed by atoms with Crippen LogP contribution in [-0.4, -0.2) is 43.4 Å². The fraction of sp³-hybridized carbons (Fsp3) is 0.333. The van der Waals surface area contributed by atoms with Crippen LogP contribution in [0.2, 0.25) is 0 Å². The summed E-state index contributed by atoms with van der Waals surface area (Å²) in [5.41, 5.74) is 3.83. The molecule has 0 aromatic heterocycles. The molecule has 0 saturated carbocycles. The lowest BCUT2D eigenvalue weighted by Gasteiger charge is -2.35. The topological polar surface area (TPSA) is 67.9 Å². The minimum atomic E-state index is -0.610. The Hall–Kier alpha value is -2.93. The van der Waals surface area contributed by atoms with E-state index >= 15 is 0 Å². The van der Waals surface area contributed by atoms with Crippen molar-refractivity contribution >= 4 is 23.8 Å². The largest absolute Gasteiger partial charge is 0.487 e. The zero-order chi connectivity index (χ0) is 22.5. The first-order valence-corrected chi connectivity index (χ1v) is 11.4. The summed E-state index contributed by atoms with van der Waals surface area (Å²) in [6, 6.07) is 12.7. The molecular formula is C24H28N2O4S. The Labute approximate surface area is 187 Å². The zero-order valence-electron chi connectivity index (χ0n) is 18.5. The second-order valence-corrected chi connectivity index (χ2v) is 8.23. The van der Waals surface area contributed by atoms with E-state index in [0.29, 0.717) is 17.0 Å². The molecule has 0 fully saturated rings. The van der Waals surface area contributed by atoms with Crippen LogP contribution in [0, 0.1) is 13.8 Å². The van der Waals surface area contributed by atoms with Crippen LogP contribution in [0.25, 0.3) is 0 Å². The number of rotatable bonds is 7. The quantitative estimate of drug-likeness (QED) is 0.503. The standard InChI is InChI=1S/C24H28N2O4S/c1-6-29-23(27)21-20(14-30-17-8-10-18(31-5)11-9-17)26(4)24(28)25-22(21)19-12-7-15(2)13-16(19)3/h7-13,22H,6,14H2,1-5H3,(H,25,28)/t22-/m0/s1. The molecule has 0 radical (unpaired) electrons. The van der Waals surface area contributed by atoms with Crippen LogP contribution in [0.1, 0.15) is 29.7 Å². The van der Waals surface area contributed by atoms with Gasteiger partial charge in [0.2, 0.25) is 0 Å². The van der Waals surface area contributed by atoms with Crippen molar-refractivity contribution in [2.24, 2.45) is 0 Å². The van der Waals surface area contributed by atoms with Crippen molar-refractivity contribution in [2.75, 3.05) is 26.5 Å². The van der Waals surface area contributed by atoms with E-state index < -0.39 is 12.0 Å². The number of likely N-dealkylation sites (N-methyl/N-ethyl adjacent to an activating group) is 1. The molecule has 0 saturated heterocycles. The Balaban J connectivity index is 2.02. The number of nitrogens with zero attached hydrogens (tertiary/aromatic N) is 1. The summed E-state index contributed by atoms with van der Waals surface area (Å²) in [5, 5.41) is 2.95. The molecule has 7 heteroatoms. The number of thioether (sulfide) groups is 1. The SMILES string of the molecule is CCOC(=O)C1=C(COc2ccc(SC)cc2)N(C)C(=O)N[C@H]1c1ccc(C)cc1C. The predicted molar refractivity (Wildman–Crippen MR) is 122 cm³/mol. The van der Waals surface area contributed by atoms with Crippen molar-refractivity contribution in [3.63, 3.8) is 0 Å². The normalized spacial score (nSPS) is 16.2. The van der Waals surface area contributed by atoms with Crippen LogP contribution in [0.4, 0.5) is 4.79 Å². The third-order valence-electron chi connectivity index (χ3n) is 5.24. The number of hydrogen-bond acceptors (Lipinski definition) is 5. The van der Waals surface area contributed by atoms with Crippen LogP contribution in [0.3, 0.4) is 0 Å². The number of carbonyl (C=O) groups excluding carboxylic acids is 2. The molecule has 1 N–H and O–H groups in total. The van der Waals surface area contributed by atoms with E-state index in [1.54, 1.807) is 25.7 Å². The highest BCUT2D eigenvalue weighted by Crippen LogP contribution is 2.33. The van der Waals surface area contributed by atoms with Gasteiger partial charge in [0.1, 0.15) is 12.4 Å². The minimum Gasteiger partial charge on any atom is -0.487 e. The van der Waals surface area contributed by atoms with E-state index in [9.17, 15) is 9.59 Å². The second-order valence-electron chi connectivity index (χ2n) is 7.35. The molecule has 1 aliphatic heterocycles. The van der Waals surface area contributed by atoms with Gasteiger partial charge in [-0.05, 0) is 62.4 Å². The third kappa shape index (κ3) is 5.05. The molecule has 164 valence electrons. The van der Waals surface area contributed by atoms with Gasteiger partial charge in [0.05, 0.1) is 23.9 Å². The van der Waals surface area contributed by atoms with Crippen molar-refractivity contribution in [2.45, 2.75) is 31.7 Å². The molecule has 1 aliphatic rings. The maximum Gasteiger partial charge on any atom is 0.338 e. The van der Waals surface area contributed by atoms with Gasteiger partial charge in [0.25, 0.3) is 0 Å². The van der Waals surface area contributed by atoms with Crippen LogP contribution in [0.5, 0.6) is 5.75 Å². The van der Waals surface area contributed by atoms with E-state index in [0.717, 1.165) is 21.6 Å². The van der Waals surface area contributed by atoms with Crippen molar-refractivity contribution < 1.29 is 19.1 Å². The number of amides is 2. The van der Waals surface area contributed by atoms with Gasteiger partial charge in [0.15, 0.2) is 0 Å². The first-order chi connectivity index (χ1) is 14.8. The number of ether oxygens (including phenoxy) is 2. The molecule has 6 nitrogen and oxygen atoms in total.